The highest BCUT2D eigenvalue weighted by Crippen LogP contribution is 2.15. The van der Waals surface area contributed by atoms with Crippen LogP contribution in [0.1, 0.15) is 25.0 Å². The molecule has 1 fully saturated rings. The smallest absolute Gasteiger partial charge is 0.225 e. The maximum atomic E-state index is 13.2. The van der Waals surface area contributed by atoms with Crippen LogP contribution < -0.4 is 5.32 Å². The molecule has 1 saturated heterocycles. The number of benzene rings is 1. The van der Waals surface area contributed by atoms with Gasteiger partial charge < -0.3 is 15.0 Å². The SMILES string of the molecule is O=C(CCN1CCC[C@H](OCc2ccccn2)C1)Nc1cccc(F)c1. The predicted molar refractivity (Wildman–Crippen MR) is 98.1 cm³/mol. The van der Waals surface area contributed by atoms with Crippen molar-refractivity contribution in [2.24, 2.45) is 0 Å². The van der Waals surface area contributed by atoms with E-state index in [4.69, 9.17) is 4.74 Å². The average Bonchev–Trinajstić information content (AvgIpc) is 2.66. The summed E-state index contributed by atoms with van der Waals surface area (Å²) in [7, 11) is 0. The highest BCUT2D eigenvalue weighted by atomic mass is 19.1. The molecule has 1 aliphatic rings. The Hall–Kier alpha value is -2.31. The Morgan fingerprint density at radius 1 is 1.31 bits per heavy atom. The molecule has 1 aromatic heterocycles. The number of rotatable bonds is 7. The van der Waals surface area contributed by atoms with Gasteiger partial charge in [-0.25, -0.2) is 4.39 Å². The van der Waals surface area contributed by atoms with Crippen LogP contribution in [0.5, 0.6) is 0 Å². The molecule has 0 radical (unpaired) electrons. The van der Waals surface area contributed by atoms with Crippen LogP contribution in [-0.2, 0) is 16.1 Å². The first-order valence-corrected chi connectivity index (χ1v) is 8.98. The molecule has 0 saturated carbocycles. The lowest BCUT2D eigenvalue weighted by Gasteiger charge is -2.32. The van der Waals surface area contributed by atoms with Gasteiger partial charge in [-0.2, -0.15) is 0 Å². The third-order valence-corrected chi connectivity index (χ3v) is 4.42. The zero-order valence-corrected chi connectivity index (χ0v) is 14.7. The molecule has 2 heterocycles. The van der Waals surface area contributed by atoms with E-state index in [0.717, 1.165) is 31.6 Å². The van der Waals surface area contributed by atoms with Crippen molar-refractivity contribution in [2.75, 3.05) is 25.0 Å². The highest BCUT2D eigenvalue weighted by molar-refractivity contribution is 5.90. The van der Waals surface area contributed by atoms with E-state index in [1.165, 1.54) is 12.1 Å². The Labute approximate surface area is 153 Å². The monoisotopic (exact) mass is 357 g/mol. The number of nitrogens with zero attached hydrogens (tertiary/aromatic N) is 2. The molecule has 0 unspecified atom stereocenters. The topological polar surface area (TPSA) is 54.5 Å². The van der Waals surface area contributed by atoms with Crippen LogP contribution in [0.3, 0.4) is 0 Å². The number of carbonyl (C=O) groups is 1. The van der Waals surface area contributed by atoms with Crippen LogP contribution in [0.4, 0.5) is 10.1 Å². The van der Waals surface area contributed by atoms with Crippen LogP contribution in [0.15, 0.2) is 48.7 Å². The van der Waals surface area contributed by atoms with E-state index < -0.39 is 0 Å². The molecule has 1 atom stereocenters. The number of ether oxygens (including phenoxy) is 1. The van der Waals surface area contributed by atoms with Gasteiger partial charge in [-0.15, -0.1) is 0 Å². The van der Waals surface area contributed by atoms with E-state index in [-0.39, 0.29) is 17.8 Å². The molecule has 1 N–H and O–H groups in total. The largest absolute Gasteiger partial charge is 0.371 e. The average molecular weight is 357 g/mol. The van der Waals surface area contributed by atoms with Gasteiger partial charge in [-0.05, 0) is 49.7 Å². The number of nitrogens with one attached hydrogen (secondary N) is 1. The summed E-state index contributed by atoms with van der Waals surface area (Å²) in [5.41, 5.74) is 1.42. The summed E-state index contributed by atoms with van der Waals surface area (Å²) in [6.07, 6.45) is 4.39. The van der Waals surface area contributed by atoms with Crippen molar-refractivity contribution in [1.29, 1.82) is 0 Å². The minimum atomic E-state index is -0.355. The van der Waals surface area contributed by atoms with Gasteiger partial charge >= 0.3 is 0 Å². The minimum absolute atomic E-state index is 0.105. The van der Waals surface area contributed by atoms with Crippen LogP contribution >= 0.6 is 0 Å². The van der Waals surface area contributed by atoms with Crippen LogP contribution in [-0.4, -0.2) is 41.5 Å². The molecule has 26 heavy (non-hydrogen) atoms. The summed E-state index contributed by atoms with van der Waals surface area (Å²) in [4.78, 5) is 18.6. The number of likely N-dealkylation sites (tertiary alicyclic amines) is 1. The molecule has 3 rings (SSSR count). The third kappa shape index (κ3) is 5.89. The van der Waals surface area contributed by atoms with E-state index >= 15 is 0 Å². The summed E-state index contributed by atoms with van der Waals surface area (Å²) < 4.78 is 19.1. The number of piperidine rings is 1. The molecule has 5 nitrogen and oxygen atoms in total. The lowest BCUT2D eigenvalue weighted by molar-refractivity contribution is -0.116. The number of pyridine rings is 1. The minimum Gasteiger partial charge on any atom is -0.371 e. The summed E-state index contributed by atoms with van der Waals surface area (Å²) >= 11 is 0. The molecule has 1 aromatic carbocycles. The van der Waals surface area contributed by atoms with Gasteiger partial charge in [0.2, 0.25) is 5.91 Å². The third-order valence-electron chi connectivity index (χ3n) is 4.42. The number of halogens is 1. The van der Waals surface area contributed by atoms with Crippen molar-refractivity contribution in [3.63, 3.8) is 0 Å². The number of hydrogen-bond donors (Lipinski definition) is 1. The van der Waals surface area contributed by atoms with Gasteiger partial charge in [0.25, 0.3) is 0 Å². The zero-order valence-electron chi connectivity index (χ0n) is 14.7. The first-order valence-electron chi connectivity index (χ1n) is 8.98. The van der Waals surface area contributed by atoms with E-state index in [2.05, 4.69) is 15.2 Å². The van der Waals surface area contributed by atoms with Crippen molar-refractivity contribution < 1.29 is 13.9 Å². The highest BCUT2D eigenvalue weighted by Gasteiger charge is 2.21. The molecule has 1 amide bonds. The predicted octanol–water partition coefficient (Wildman–Crippen LogP) is 3.23. The zero-order chi connectivity index (χ0) is 18.2. The Morgan fingerprint density at radius 3 is 3.04 bits per heavy atom. The normalized spacial score (nSPS) is 17.8. The van der Waals surface area contributed by atoms with Crippen molar-refractivity contribution in [2.45, 2.75) is 32.0 Å². The van der Waals surface area contributed by atoms with Gasteiger partial charge in [-0.1, -0.05) is 12.1 Å². The summed E-state index contributed by atoms with van der Waals surface area (Å²) in [6, 6.07) is 11.7. The fraction of sp³-hybridized carbons (Fsp3) is 0.400. The van der Waals surface area contributed by atoms with Gasteiger partial charge in [0.05, 0.1) is 18.4 Å². The van der Waals surface area contributed by atoms with Crippen LogP contribution in [0.2, 0.25) is 0 Å². The van der Waals surface area contributed by atoms with Gasteiger partial charge in [0.15, 0.2) is 0 Å². The molecule has 1 aliphatic heterocycles. The van der Waals surface area contributed by atoms with Crippen molar-refractivity contribution >= 4 is 11.6 Å². The van der Waals surface area contributed by atoms with Gasteiger partial charge in [-0.3, -0.25) is 9.78 Å². The first kappa shape index (κ1) is 18.5. The van der Waals surface area contributed by atoms with E-state index in [9.17, 15) is 9.18 Å². The van der Waals surface area contributed by atoms with Crippen molar-refractivity contribution in [1.82, 2.24) is 9.88 Å². The van der Waals surface area contributed by atoms with Crippen LogP contribution in [0, 0.1) is 5.82 Å². The van der Waals surface area contributed by atoms with Crippen LogP contribution in [0.25, 0.3) is 0 Å². The fourth-order valence-electron chi connectivity index (χ4n) is 3.09. The molecule has 0 bridgehead atoms. The fourth-order valence-corrected chi connectivity index (χ4v) is 3.09. The van der Waals surface area contributed by atoms with Crippen molar-refractivity contribution in [3.8, 4) is 0 Å². The Balaban J connectivity index is 1.39. The quantitative estimate of drug-likeness (QED) is 0.827. The second-order valence-corrected chi connectivity index (χ2v) is 6.51. The molecule has 2 aromatic rings. The first-order chi connectivity index (χ1) is 12.7. The van der Waals surface area contributed by atoms with Gasteiger partial charge in [0, 0.05) is 31.4 Å². The summed E-state index contributed by atoms with van der Waals surface area (Å²) in [5.74, 6) is -0.459. The lowest BCUT2D eigenvalue weighted by Crippen LogP contribution is -2.40. The second-order valence-electron chi connectivity index (χ2n) is 6.51. The number of hydrogen-bond acceptors (Lipinski definition) is 4. The maximum Gasteiger partial charge on any atom is 0.225 e. The Morgan fingerprint density at radius 2 is 2.23 bits per heavy atom. The molecule has 6 heteroatoms. The lowest BCUT2D eigenvalue weighted by atomic mass is 10.1. The number of aromatic nitrogens is 1. The molecule has 0 spiro atoms. The molecule has 138 valence electrons. The standard InChI is InChI=1S/C20H24FN3O2/c21-16-5-3-7-17(13-16)23-20(25)9-12-24-11-4-8-19(14-24)26-15-18-6-1-2-10-22-18/h1-3,5-7,10,13,19H,4,8-9,11-12,14-15H2,(H,23,25)/t19-/m0/s1. The van der Waals surface area contributed by atoms with Crippen molar-refractivity contribution in [3.05, 3.63) is 60.2 Å². The molecule has 0 aliphatic carbocycles. The Bertz CT molecular complexity index is 711. The summed E-state index contributed by atoms with van der Waals surface area (Å²) in [6.45, 7) is 2.97. The Kier molecular flexibility index (Phi) is 6.68. The molecular weight excluding hydrogens is 333 g/mol. The number of anilines is 1. The van der Waals surface area contributed by atoms with E-state index in [1.807, 2.05) is 18.2 Å². The van der Waals surface area contributed by atoms with E-state index in [0.29, 0.717) is 25.3 Å². The number of carbonyl (C=O) groups excluding carboxylic acids is 1. The van der Waals surface area contributed by atoms with Gasteiger partial charge in [0.1, 0.15) is 5.82 Å². The number of amides is 1. The second kappa shape index (κ2) is 9.40. The van der Waals surface area contributed by atoms with E-state index in [1.54, 1.807) is 18.3 Å². The maximum absolute atomic E-state index is 13.2. The summed E-state index contributed by atoms with van der Waals surface area (Å²) in [5, 5.41) is 2.74. The molecular formula is C20H24FN3O2.